The minimum absolute atomic E-state index is 0.0939. The van der Waals surface area contributed by atoms with E-state index in [2.05, 4.69) is 37.0 Å². The molecular weight excluding hydrogens is 576 g/mol. The van der Waals surface area contributed by atoms with Gasteiger partial charge in [0.15, 0.2) is 16.4 Å². The van der Waals surface area contributed by atoms with E-state index >= 15 is 0 Å². The molecule has 0 saturated heterocycles. The Morgan fingerprint density at radius 3 is 2.55 bits per heavy atom. The number of fused-ring (bicyclic) bond motifs is 1. The Kier molecular flexibility index (Phi) is 6.27. The highest BCUT2D eigenvalue weighted by atomic mass is 79.9. The number of hydrogen-bond donors (Lipinski definition) is 0. The van der Waals surface area contributed by atoms with E-state index in [1.165, 1.54) is 6.92 Å². The molecule has 0 bridgehead atoms. The van der Waals surface area contributed by atoms with Crippen LogP contribution in [0.2, 0.25) is 0 Å². The van der Waals surface area contributed by atoms with Gasteiger partial charge in [0.1, 0.15) is 17.1 Å². The van der Waals surface area contributed by atoms with Crippen molar-refractivity contribution in [3.63, 3.8) is 0 Å². The maximum Gasteiger partial charge on any atom is 0.241 e. The summed E-state index contributed by atoms with van der Waals surface area (Å²) in [6.07, 6.45) is 4.52. The van der Waals surface area contributed by atoms with E-state index in [9.17, 15) is 22.2 Å². The minimum Gasteiger partial charge on any atom is -0.462 e. The lowest BCUT2D eigenvalue weighted by molar-refractivity contribution is -0.129. The Balaban J connectivity index is 1.83. The van der Waals surface area contributed by atoms with Crippen LogP contribution in [0.15, 0.2) is 41.7 Å². The molecule has 2 unspecified atom stereocenters. The van der Waals surface area contributed by atoms with Gasteiger partial charge in [-0.15, -0.1) is 5.10 Å². The molecule has 1 fully saturated rings. The summed E-state index contributed by atoms with van der Waals surface area (Å²) in [6, 6.07) is 3.25. The second kappa shape index (κ2) is 8.53. The highest BCUT2D eigenvalue weighted by molar-refractivity contribution is 9.11. The number of hydrazone groups is 1. The van der Waals surface area contributed by atoms with Crippen molar-refractivity contribution in [2.45, 2.75) is 49.7 Å². The first-order chi connectivity index (χ1) is 14.6. The fourth-order valence-corrected chi connectivity index (χ4v) is 9.38. The monoisotopic (exact) mass is 592 g/mol. The van der Waals surface area contributed by atoms with Crippen molar-refractivity contribution in [1.29, 1.82) is 0 Å². The maximum atomic E-state index is 13.3. The Hall–Kier alpha value is -1.37. The molecule has 4 rings (SSSR count). The second-order valence-corrected chi connectivity index (χ2v) is 13.1. The molecule has 0 N–H and O–H groups in total. The van der Waals surface area contributed by atoms with Crippen LogP contribution < -0.4 is 5.43 Å². The maximum absolute atomic E-state index is 13.3. The predicted molar refractivity (Wildman–Crippen MR) is 125 cm³/mol. The summed E-state index contributed by atoms with van der Waals surface area (Å²) in [4.78, 5) is 25.5. The molecule has 166 valence electrons. The first-order valence-corrected chi connectivity index (χ1v) is 13.9. The summed E-state index contributed by atoms with van der Waals surface area (Å²) in [7, 11) is -6.23. The highest BCUT2D eigenvalue weighted by Gasteiger charge is 2.47. The lowest BCUT2D eigenvalue weighted by Crippen LogP contribution is -2.33. The number of rotatable bonds is 2. The van der Waals surface area contributed by atoms with Gasteiger partial charge in [-0.3, -0.25) is 9.59 Å². The molecule has 0 spiro atoms. The second-order valence-electron chi connectivity index (χ2n) is 7.47. The molecule has 2 aliphatic rings. The third-order valence-electron chi connectivity index (χ3n) is 5.43. The van der Waals surface area contributed by atoms with Gasteiger partial charge < -0.3 is 4.42 Å². The van der Waals surface area contributed by atoms with Crippen molar-refractivity contribution in [3.8, 4) is 0 Å². The third kappa shape index (κ3) is 3.96. The lowest BCUT2D eigenvalue weighted by Gasteiger charge is -2.21. The molecule has 0 radical (unpaired) electrons. The van der Waals surface area contributed by atoms with Crippen LogP contribution >= 0.6 is 31.9 Å². The first kappa shape index (κ1) is 22.8. The highest BCUT2D eigenvalue weighted by Crippen LogP contribution is 2.36. The van der Waals surface area contributed by atoms with Crippen LogP contribution in [0.5, 0.6) is 0 Å². The van der Waals surface area contributed by atoms with Crippen LogP contribution in [0.1, 0.15) is 50.0 Å². The number of amides is 1. The quantitative estimate of drug-likeness (QED) is 0.521. The van der Waals surface area contributed by atoms with E-state index in [4.69, 9.17) is 4.42 Å². The van der Waals surface area contributed by atoms with E-state index < -0.39 is 47.0 Å². The lowest BCUT2D eigenvalue weighted by atomic mass is 10.0. The number of sulfone groups is 1. The molecule has 2 atom stereocenters. The molecule has 2 heterocycles. The Bertz CT molecular complexity index is 1300. The van der Waals surface area contributed by atoms with Crippen molar-refractivity contribution < 1.29 is 21.8 Å². The normalized spacial score (nSPS) is 22.7. The Morgan fingerprint density at radius 1 is 1.23 bits per heavy atom. The number of hydrogen-bond acceptors (Lipinski definition) is 7. The molecule has 1 aliphatic heterocycles. The Labute approximate surface area is 197 Å². The van der Waals surface area contributed by atoms with Gasteiger partial charge in [-0.25, -0.2) is 17.6 Å². The number of nitrogens with zero attached hydrogens (tertiary/aromatic N) is 2. The summed E-state index contributed by atoms with van der Waals surface area (Å²) in [5.74, 6) is -0.623. The van der Waals surface area contributed by atoms with E-state index in [0.29, 0.717) is 21.8 Å². The van der Waals surface area contributed by atoms with Gasteiger partial charge in [0.05, 0.1) is 20.7 Å². The zero-order chi connectivity index (χ0) is 22.5. The van der Waals surface area contributed by atoms with E-state index in [1.54, 1.807) is 12.1 Å². The van der Waals surface area contributed by atoms with Crippen LogP contribution in [0.4, 0.5) is 0 Å². The van der Waals surface area contributed by atoms with Crippen LogP contribution in [0.3, 0.4) is 0 Å². The van der Waals surface area contributed by atoms with Crippen molar-refractivity contribution in [3.05, 3.63) is 43.1 Å². The van der Waals surface area contributed by atoms with Gasteiger partial charge in [0.2, 0.25) is 20.1 Å². The van der Waals surface area contributed by atoms with Crippen LogP contribution in [0, 0.1) is 0 Å². The first-order valence-electron chi connectivity index (χ1n) is 9.56. The molecule has 1 aromatic carbocycles. The van der Waals surface area contributed by atoms with E-state index in [-0.39, 0.29) is 16.5 Å². The summed E-state index contributed by atoms with van der Waals surface area (Å²) < 4.78 is 45.8. The summed E-state index contributed by atoms with van der Waals surface area (Å²) in [6.45, 7) is 1.18. The van der Waals surface area contributed by atoms with Crippen LogP contribution in [-0.4, -0.2) is 33.2 Å². The fraction of sp³-hybridized carbons (Fsp3) is 0.421. The van der Waals surface area contributed by atoms with Crippen LogP contribution in [-0.2, 0) is 25.4 Å². The van der Waals surface area contributed by atoms with Crippen molar-refractivity contribution in [2.75, 3.05) is 0 Å². The molecule has 1 amide bonds. The number of carbonyl (C=O) groups excluding carboxylic acids is 1. The van der Waals surface area contributed by atoms with E-state index in [1.807, 2.05) is 0 Å². The van der Waals surface area contributed by atoms with Gasteiger partial charge in [-0.1, -0.05) is 35.2 Å². The van der Waals surface area contributed by atoms with Gasteiger partial charge in [-0.05, 0) is 40.9 Å². The van der Waals surface area contributed by atoms with Crippen molar-refractivity contribution in [1.82, 2.24) is 5.01 Å². The van der Waals surface area contributed by atoms with Gasteiger partial charge in [0.25, 0.3) is 0 Å². The molecule has 8 nitrogen and oxygen atoms in total. The minimum atomic E-state index is -3.98. The number of carbonyl (C=O) groups is 1. The molecule has 1 saturated carbocycles. The van der Waals surface area contributed by atoms with E-state index in [0.717, 1.165) is 30.5 Å². The molecule has 31 heavy (non-hydrogen) atoms. The van der Waals surface area contributed by atoms with Crippen molar-refractivity contribution >= 4 is 73.7 Å². The largest absolute Gasteiger partial charge is 0.462 e. The van der Waals surface area contributed by atoms with Crippen LogP contribution in [0.25, 0.3) is 11.0 Å². The molecule has 1 aliphatic carbocycles. The third-order valence-corrected chi connectivity index (χ3v) is 10.9. The smallest absolute Gasteiger partial charge is 0.241 e. The van der Waals surface area contributed by atoms with Crippen molar-refractivity contribution in [2.24, 2.45) is 5.10 Å². The molecule has 2 aromatic rings. The van der Waals surface area contributed by atoms with Gasteiger partial charge >= 0.3 is 0 Å². The molecular formula is C19H18Br2N2O6S2. The Morgan fingerprint density at radius 2 is 1.90 bits per heavy atom. The predicted octanol–water partition coefficient (Wildman–Crippen LogP) is 3.95. The van der Waals surface area contributed by atoms with Gasteiger partial charge in [-0.2, -0.15) is 0 Å². The zero-order valence-electron chi connectivity index (χ0n) is 16.3. The SMILES string of the molecule is CC(=O)N1N=C(S(=O)(=O)C2CCCCC2)S(=O)C1c1coc2c(Br)cc(Br)cc2c1=O. The summed E-state index contributed by atoms with van der Waals surface area (Å²) in [5.41, 5.74) is -0.325. The average molecular weight is 594 g/mol. The standard InChI is InChI=1S/C19H18Br2N2O6S2/c1-10(24)23-18(14-9-29-17-13(16(14)25)7-11(20)8-15(17)21)30(26)19(22-23)31(27,28)12-5-3-2-4-6-12/h7-9,12,18H,2-6H2,1H3. The topological polar surface area (TPSA) is 114 Å². The zero-order valence-corrected chi connectivity index (χ0v) is 21.1. The number of halogens is 2. The summed E-state index contributed by atoms with van der Waals surface area (Å²) >= 11 is 6.64. The average Bonchev–Trinajstić information content (AvgIpc) is 3.07. The molecule has 12 heteroatoms. The summed E-state index contributed by atoms with van der Waals surface area (Å²) in [5, 5.41) is 2.90. The molecule has 1 aromatic heterocycles. The fourth-order valence-electron chi connectivity index (χ4n) is 3.89. The van der Waals surface area contributed by atoms with Gasteiger partial charge in [0, 0.05) is 11.4 Å². The number of benzene rings is 1.